The average Bonchev–Trinajstić information content (AvgIpc) is 2.79. The van der Waals surface area contributed by atoms with E-state index in [4.69, 9.17) is 9.47 Å². The fraction of sp³-hybridized carbons (Fsp3) is 0.172. The highest BCUT2D eigenvalue weighted by Gasteiger charge is 2.24. The van der Waals surface area contributed by atoms with E-state index in [0.717, 1.165) is 22.6 Å². The van der Waals surface area contributed by atoms with Crippen LogP contribution in [-0.2, 0) is 5.41 Å². The Labute approximate surface area is 194 Å². The zero-order chi connectivity index (χ0) is 23.6. The Morgan fingerprint density at radius 3 is 1.24 bits per heavy atom. The Hall–Kier alpha value is -3.92. The lowest BCUT2D eigenvalue weighted by molar-refractivity contribution is 0.462. The number of aromatic hydroxyl groups is 2. The van der Waals surface area contributed by atoms with Gasteiger partial charge in [0.05, 0.1) is 0 Å². The van der Waals surface area contributed by atoms with Crippen molar-refractivity contribution in [3.05, 3.63) is 107 Å². The van der Waals surface area contributed by atoms with Crippen molar-refractivity contribution >= 4 is 0 Å². The number of phenols is 2. The van der Waals surface area contributed by atoms with Gasteiger partial charge in [0.1, 0.15) is 34.5 Å². The van der Waals surface area contributed by atoms with Crippen molar-refractivity contribution in [3.63, 3.8) is 0 Å². The van der Waals surface area contributed by atoms with Gasteiger partial charge in [0.25, 0.3) is 0 Å². The van der Waals surface area contributed by atoms with Crippen LogP contribution in [0.1, 0.15) is 36.1 Å². The van der Waals surface area contributed by atoms with Gasteiger partial charge in [-0.2, -0.15) is 0 Å². The first kappa shape index (κ1) is 22.3. The molecule has 0 aliphatic carbocycles. The van der Waals surface area contributed by atoms with Gasteiger partial charge in [0, 0.05) is 5.41 Å². The molecule has 168 valence electrons. The molecule has 4 aromatic carbocycles. The van der Waals surface area contributed by atoms with Gasteiger partial charge in [-0.15, -0.1) is 0 Å². The maximum atomic E-state index is 9.46. The highest BCUT2D eigenvalue weighted by atomic mass is 16.5. The Balaban J connectivity index is 1.55. The van der Waals surface area contributed by atoms with E-state index in [2.05, 4.69) is 38.1 Å². The van der Waals surface area contributed by atoms with Crippen molar-refractivity contribution in [2.45, 2.75) is 33.1 Å². The van der Waals surface area contributed by atoms with E-state index in [0.29, 0.717) is 11.5 Å². The van der Waals surface area contributed by atoms with Crippen LogP contribution in [0.4, 0.5) is 0 Å². The number of ether oxygens (including phenoxy) is 2. The summed E-state index contributed by atoms with van der Waals surface area (Å²) in [6.07, 6.45) is 0. The summed E-state index contributed by atoms with van der Waals surface area (Å²) < 4.78 is 12.0. The first-order valence-corrected chi connectivity index (χ1v) is 10.9. The van der Waals surface area contributed by atoms with Crippen LogP contribution in [0, 0.1) is 13.8 Å². The first-order valence-electron chi connectivity index (χ1n) is 10.9. The number of rotatable bonds is 6. The molecule has 0 aliphatic rings. The summed E-state index contributed by atoms with van der Waals surface area (Å²) in [6, 6.07) is 25.9. The first-order chi connectivity index (χ1) is 15.7. The molecule has 0 atom stereocenters. The molecule has 0 radical (unpaired) electrons. The van der Waals surface area contributed by atoms with Gasteiger partial charge < -0.3 is 19.7 Å². The van der Waals surface area contributed by atoms with Gasteiger partial charge >= 0.3 is 0 Å². The molecule has 0 amide bonds. The molecule has 4 nitrogen and oxygen atoms in total. The molecule has 0 saturated heterocycles. The monoisotopic (exact) mass is 440 g/mol. The molecule has 0 aliphatic heterocycles. The van der Waals surface area contributed by atoms with Crippen LogP contribution in [0.5, 0.6) is 34.5 Å². The fourth-order valence-corrected chi connectivity index (χ4v) is 3.75. The van der Waals surface area contributed by atoms with E-state index in [1.165, 1.54) is 11.1 Å². The summed E-state index contributed by atoms with van der Waals surface area (Å²) in [5.74, 6) is 3.37. The molecule has 0 saturated carbocycles. The highest BCUT2D eigenvalue weighted by molar-refractivity contribution is 5.49. The molecule has 4 heteroatoms. The van der Waals surface area contributed by atoms with Crippen LogP contribution in [-0.4, -0.2) is 10.2 Å². The Bertz CT molecular complexity index is 1160. The third-order valence-corrected chi connectivity index (χ3v) is 5.92. The minimum absolute atomic E-state index is 0.214. The quantitative estimate of drug-likeness (QED) is 0.324. The summed E-state index contributed by atoms with van der Waals surface area (Å²) in [5.41, 5.74) is 4.23. The molecular formula is C29H28O4. The fourth-order valence-electron chi connectivity index (χ4n) is 3.75. The lowest BCUT2D eigenvalue weighted by Crippen LogP contribution is -2.19. The van der Waals surface area contributed by atoms with Crippen LogP contribution in [0.15, 0.2) is 84.9 Å². The van der Waals surface area contributed by atoms with Gasteiger partial charge in [-0.25, -0.2) is 0 Å². The van der Waals surface area contributed by atoms with Crippen molar-refractivity contribution in [2.24, 2.45) is 0 Å². The Morgan fingerprint density at radius 2 is 0.909 bits per heavy atom. The maximum absolute atomic E-state index is 9.46. The van der Waals surface area contributed by atoms with Gasteiger partial charge in [-0.1, -0.05) is 38.1 Å². The molecule has 2 N–H and O–H groups in total. The zero-order valence-electron chi connectivity index (χ0n) is 19.3. The molecule has 4 rings (SSSR count). The second kappa shape index (κ2) is 8.91. The molecule has 0 spiro atoms. The SMILES string of the molecule is Cc1cc(C(C)(C)c2ccc(Oc3ccc(O)cc3)c(C)c2)ccc1Oc1ccc(O)cc1. The van der Waals surface area contributed by atoms with Gasteiger partial charge in [-0.05, 0) is 96.8 Å². The van der Waals surface area contributed by atoms with Crippen LogP contribution >= 0.6 is 0 Å². The minimum Gasteiger partial charge on any atom is -0.508 e. The smallest absolute Gasteiger partial charge is 0.130 e. The number of hydrogen-bond acceptors (Lipinski definition) is 4. The summed E-state index contributed by atoms with van der Waals surface area (Å²) in [4.78, 5) is 0. The van der Waals surface area contributed by atoms with Gasteiger partial charge in [0.2, 0.25) is 0 Å². The topological polar surface area (TPSA) is 58.9 Å². The number of hydrogen-bond donors (Lipinski definition) is 2. The van der Waals surface area contributed by atoms with E-state index in [9.17, 15) is 10.2 Å². The summed E-state index contributed by atoms with van der Waals surface area (Å²) >= 11 is 0. The molecular weight excluding hydrogens is 412 g/mol. The normalized spacial score (nSPS) is 11.3. The van der Waals surface area contributed by atoms with Crippen molar-refractivity contribution < 1.29 is 19.7 Å². The van der Waals surface area contributed by atoms with Crippen LogP contribution in [0.25, 0.3) is 0 Å². The van der Waals surface area contributed by atoms with Crippen molar-refractivity contribution in [2.75, 3.05) is 0 Å². The highest BCUT2D eigenvalue weighted by Crippen LogP contribution is 2.37. The molecule has 0 unspecified atom stereocenters. The van der Waals surface area contributed by atoms with Crippen molar-refractivity contribution in [1.29, 1.82) is 0 Å². The lowest BCUT2D eigenvalue weighted by Gasteiger charge is -2.28. The summed E-state index contributed by atoms with van der Waals surface area (Å²) in [5, 5.41) is 18.9. The van der Waals surface area contributed by atoms with E-state index >= 15 is 0 Å². The number of phenolic OH excluding ortho intramolecular Hbond substituents is 2. The summed E-state index contributed by atoms with van der Waals surface area (Å²) in [7, 11) is 0. The molecule has 4 aromatic rings. The van der Waals surface area contributed by atoms with Gasteiger partial charge in [0.15, 0.2) is 0 Å². The van der Waals surface area contributed by atoms with Crippen LogP contribution < -0.4 is 9.47 Å². The molecule has 33 heavy (non-hydrogen) atoms. The van der Waals surface area contributed by atoms with E-state index in [-0.39, 0.29) is 16.9 Å². The zero-order valence-corrected chi connectivity index (χ0v) is 19.3. The second-order valence-electron chi connectivity index (χ2n) is 8.78. The predicted molar refractivity (Wildman–Crippen MR) is 131 cm³/mol. The Morgan fingerprint density at radius 1 is 0.545 bits per heavy atom. The third-order valence-electron chi connectivity index (χ3n) is 5.92. The maximum Gasteiger partial charge on any atom is 0.130 e. The van der Waals surface area contributed by atoms with Crippen molar-refractivity contribution in [1.82, 2.24) is 0 Å². The summed E-state index contributed by atoms with van der Waals surface area (Å²) in [6.45, 7) is 8.49. The van der Waals surface area contributed by atoms with E-state index < -0.39 is 0 Å². The minimum atomic E-state index is -0.219. The Kier molecular flexibility index (Phi) is 6.01. The van der Waals surface area contributed by atoms with Crippen LogP contribution in [0.3, 0.4) is 0 Å². The van der Waals surface area contributed by atoms with E-state index in [1.54, 1.807) is 48.5 Å². The standard InChI is InChI=1S/C29H28O4/c1-19-17-21(5-15-27(19)32-25-11-7-23(30)8-12-25)29(3,4)22-6-16-28(20(2)18-22)33-26-13-9-24(31)10-14-26/h5-18,30-31H,1-4H3. The predicted octanol–water partition coefficient (Wildman–Crippen LogP) is 7.63. The second-order valence-corrected chi connectivity index (χ2v) is 8.78. The molecule has 0 aromatic heterocycles. The molecule has 0 fully saturated rings. The largest absolute Gasteiger partial charge is 0.508 e. The van der Waals surface area contributed by atoms with Gasteiger partial charge in [-0.3, -0.25) is 0 Å². The van der Waals surface area contributed by atoms with Crippen molar-refractivity contribution in [3.8, 4) is 34.5 Å². The lowest BCUT2D eigenvalue weighted by atomic mass is 9.77. The van der Waals surface area contributed by atoms with E-state index in [1.807, 2.05) is 26.0 Å². The number of aryl methyl sites for hydroxylation is 2. The van der Waals surface area contributed by atoms with Crippen LogP contribution in [0.2, 0.25) is 0 Å². The average molecular weight is 441 g/mol. The molecule has 0 heterocycles. The molecule has 0 bridgehead atoms. The number of benzene rings is 4. The third kappa shape index (κ3) is 4.96.